The van der Waals surface area contributed by atoms with Crippen molar-refractivity contribution in [2.45, 2.75) is 24.0 Å². The van der Waals surface area contributed by atoms with Gasteiger partial charge in [-0.3, -0.25) is 4.79 Å². The van der Waals surface area contributed by atoms with Gasteiger partial charge in [0.25, 0.3) is 5.91 Å². The molecule has 0 saturated carbocycles. The minimum absolute atomic E-state index is 0.131. The van der Waals surface area contributed by atoms with Gasteiger partial charge in [0, 0.05) is 18.7 Å². The molecule has 0 saturated heterocycles. The third-order valence-corrected chi connectivity index (χ3v) is 8.86. The molecule has 0 aliphatic carbocycles. The Kier molecular flexibility index (Phi) is 10.2. The predicted octanol–water partition coefficient (Wildman–Crippen LogP) is 6.29. The summed E-state index contributed by atoms with van der Waals surface area (Å²) in [6, 6.07) is 25.1. The van der Waals surface area contributed by atoms with Crippen LogP contribution in [0.2, 0.25) is 5.15 Å². The van der Waals surface area contributed by atoms with Crippen LogP contribution in [0.5, 0.6) is 11.5 Å². The number of carbonyl (C=O) groups is 1. The van der Waals surface area contributed by atoms with Crippen molar-refractivity contribution < 1.29 is 18.5 Å². The molecular formula is C29H29ClN4O4S2. The fraction of sp³-hybridized carbons (Fsp3) is 0.207. The highest BCUT2D eigenvalue weighted by atomic mass is 35.5. The van der Waals surface area contributed by atoms with Gasteiger partial charge in [0.15, 0.2) is 5.16 Å². The fourth-order valence-corrected chi connectivity index (χ4v) is 6.49. The Morgan fingerprint density at radius 2 is 1.45 bits per heavy atom. The lowest BCUT2D eigenvalue weighted by Crippen LogP contribution is -2.32. The lowest BCUT2D eigenvalue weighted by Gasteiger charge is -2.26. The van der Waals surface area contributed by atoms with Crippen LogP contribution in [-0.2, 0) is 28.8 Å². The van der Waals surface area contributed by atoms with E-state index in [-0.39, 0.29) is 24.0 Å². The summed E-state index contributed by atoms with van der Waals surface area (Å²) in [4.78, 5) is 22.1. The number of halogens is 1. The summed E-state index contributed by atoms with van der Waals surface area (Å²) in [6.45, 7) is 0.489. The van der Waals surface area contributed by atoms with Gasteiger partial charge in [-0.1, -0.05) is 65.8 Å². The van der Waals surface area contributed by atoms with Crippen LogP contribution in [-0.4, -0.2) is 44.9 Å². The van der Waals surface area contributed by atoms with Crippen molar-refractivity contribution in [3.05, 3.63) is 112 Å². The Hall–Kier alpha value is -3.44. The molecule has 3 aromatic carbocycles. The van der Waals surface area contributed by atoms with E-state index in [1.165, 1.54) is 11.8 Å². The summed E-state index contributed by atoms with van der Waals surface area (Å²) in [5.41, 5.74) is 2.51. The average Bonchev–Trinajstić information content (AvgIpc) is 2.97. The Morgan fingerprint density at radius 1 is 0.900 bits per heavy atom. The second kappa shape index (κ2) is 13.8. The lowest BCUT2D eigenvalue weighted by atomic mass is 10.2. The minimum Gasteiger partial charge on any atom is -0.497 e. The second-order valence-corrected chi connectivity index (χ2v) is 12.0. The van der Waals surface area contributed by atoms with E-state index < -0.39 is 15.8 Å². The molecule has 8 nitrogen and oxygen atoms in total. The maximum absolute atomic E-state index is 15.0. The number of carbonyl (C=O) groups excluding carboxylic acids is 1. The molecule has 1 heterocycles. The van der Waals surface area contributed by atoms with Gasteiger partial charge in [-0.25, -0.2) is 18.5 Å². The number of ether oxygens (including phenoxy) is 2. The number of amides is 1. The normalized spacial score (nSPS) is 12.5. The quantitative estimate of drug-likeness (QED) is 0.114. The number of thioether (sulfide) groups is 1. The molecule has 0 fully saturated rings. The maximum Gasteiger partial charge on any atom is 0.286 e. The van der Waals surface area contributed by atoms with E-state index in [0.29, 0.717) is 27.9 Å². The zero-order valence-corrected chi connectivity index (χ0v) is 24.7. The fourth-order valence-electron chi connectivity index (χ4n) is 3.87. The molecule has 1 atom stereocenters. The first-order valence-corrected chi connectivity index (χ1v) is 15.5. The number of methoxy groups -OCH3 is 2. The Labute approximate surface area is 244 Å². The number of aromatic nitrogens is 2. The Balaban J connectivity index is 1.83. The molecule has 4 rings (SSSR count). The van der Waals surface area contributed by atoms with Gasteiger partial charge in [0.2, 0.25) is 0 Å². The number of hydrogen-bond acceptors (Lipinski definition) is 7. The van der Waals surface area contributed by atoms with Crippen LogP contribution in [0.15, 0.2) is 94.4 Å². The summed E-state index contributed by atoms with van der Waals surface area (Å²) in [5.74, 6) is 0.698. The van der Waals surface area contributed by atoms with Gasteiger partial charge in [0.05, 0.1) is 25.7 Å². The highest BCUT2D eigenvalue weighted by Gasteiger charge is 2.25. The highest BCUT2D eigenvalue weighted by Crippen LogP contribution is 2.25. The van der Waals surface area contributed by atoms with E-state index in [1.807, 2.05) is 54.8 Å². The Bertz CT molecular complexity index is 1510. The molecule has 0 radical (unpaired) electrons. The molecule has 40 heavy (non-hydrogen) atoms. The van der Waals surface area contributed by atoms with Crippen molar-refractivity contribution in [2.75, 3.05) is 20.5 Å². The van der Waals surface area contributed by atoms with Crippen molar-refractivity contribution in [1.82, 2.24) is 14.3 Å². The maximum atomic E-state index is 15.0. The van der Waals surface area contributed by atoms with Crippen LogP contribution >= 0.6 is 23.4 Å². The van der Waals surface area contributed by atoms with E-state index in [0.717, 1.165) is 11.1 Å². The van der Waals surface area contributed by atoms with E-state index in [9.17, 15) is 9.00 Å². The monoisotopic (exact) mass is 596 g/mol. The molecule has 0 N–H and O–H groups in total. The zero-order chi connectivity index (χ0) is 28.5. The van der Waals surface area contributed by atoms with Gasteiger partial charge >= 0.3 is 0 Å². The summed E-state index contributed by atoms with van der Waals surface area (Å²) < 4.78 is 31.7. The molecule has 1 amide bonds. The predicted molar refractivity (Wildman–Crippen MR) is 159 cm³/mol. The number of hydrogen-bond donors (Lipinski definition) is 0. The molecular weight excluding hydrogens is 568 g/mol. The number of benzene rings is 3. The molecule has 1 aromatic heterocycles. The zero-order valence-electron chi connectivity index (χ0n) is 22.3. The van der Waals surface area contributed by atoms with Crippen LogP contribution in [0.4, 0.5) is 0 Å². The van der Waals surface area contributed by atoms with Crippen molar-refractivity contribution >= 4 is 39.2 Å². The highest BCUT2D eigenvalue weighted by molar-refractivity contribution is 7.98. The van der Waals surface area contributed by atoms with Gasteiger partial charge in [0.1, 0.15) is 26.6 Å². The average molecular weight is 597 g/mol. The van der Waals surface area contributed by atoms with Crippen LogP contribution in [0.25, 0.3) is 0 Å². The van der Waals surface area contributed by atoms with Crippen molar-refractivity contribution in [2.24, 2.45) is 4.36 Å². The van der Waals surface area contributed by atoms with Crippen LogP contribution in [0, 0.1) is 0 Å². The third kappa shape index (κ3) is 7.82. The first kappa shape index (κ1) is 29.5. The lowest BCUT2D eigenvalue weighted by molar-refractivity contribution is 0.100. The van der Waals surface area contributed by atoms with Crippen LogP contribution in [0.1, 0.15) is 27.2 Å². The third-order valence-electron chi connectivity index (χ3n) is 5.93. The molecule has 208 valence electrons. The largest absolute Gasteiger partial charge is 0.497 e. The van der Waals surface area contributed by atoms with E-state index in [4.69, 9.17) is 21.1 Å². The second-order valence-electron chi connectivity index (χ2n) is 8.68. The smallest absolute Gasteiger partial charge is 0.286 e. The SMILES string of the molecule is COc1ccc(CN(Cc2ccc(OC)cc2)S(=O)(Cc2cc(Cl)nc(SC)n2)=NC(=O)c2ccccc2)cc1. The molecule has 11 heteroatoms. The van der Waals surface area contributed by atoms with Crippen LogP contribution in [0.3, 0.4) is 0 Å². The van der Waals surface area contributed by atoms with Crippen molar-refractivity contribution in [1.29, 1.82) is 0 Å². The van der Waals surface area contributed by atoms with Gasteiger partial charge < -0.3 is 9.47 Å². The van der Waals surface area contributed by atoms with E-state index in [2.05, 4.69) is 14.3 Å². The molecule has 4 aromatic rings. The number of rotatable bonds is 11. The van der Waals surface area contributed by atoms with Crippen molar-refractivity contribution in [3.63, 3.8) is 0 Å². The molecule has 0 aliphatic heterocycles. The number of nitrogens with zero attached hydrogens (tertiary/aromatic N) is 4. The molecule has 0 bridgehead atoms. The molecule has 1 unspecified atom stereocenters. The van der Waals surface area contributed by atoms with Gasteiger partial charge in [-0.15, -0.1) is 4.36 Å². The van der Waals surface area contributed by atoms with Crippen LogP contribution < -0.4 is 9.47 Å². The van der Waals surface area contributed by atoms with Crippen molar-refractivity contribution in [3.8, 4) is 11.5 Å². The van der Waals surface area contributed by atoms with Gasteiger partial charge in [-0.05, 0) is 59.8 Å². The van der Waals surface area contributed by atoms with E-state index >= 15 is 0 Å². The topological polar surface area (TPSA) is 94.0 Å². The summed E-state index contributed by atoms with van der Waals surface area (Å²) in [6.07, 6.45) is 1.83. The first-order valence-electron chi connectivity index (χ1n) is 12.2. The summed E-state index contributed by atoms with van der Waals surface area (Å²) in [7, 11) is -0.214. The molecule has 0 aliphatic rings. The summed E-state index contributed by atoms with van der Waals surface area (Å²) >= 11 is 7.58. The van der Waals surface area contributed by atoms with Gasteiger partial charge in [-0.2, -0.15) is 0 Å². The van der Waals surface area contributed by atoms with E-state index in [1.54, 1.807) is 54.9 Å². The molecule has 0 spiro atoms. The Morgan fingerprint density at radius 3 is 1.95 bits per heavy atom. The minimum atomic E-state index is -3.41. The standard InChI is InChI=1S/C29H29ClN4O4S2/c1-37-25-13-9-21(10-14-25)18-34(19-22-11-15-26(38-2)16-12-22)40(36,33-28(35)23-7-5-4-6-8-23)20-24-17-27(30)32-29(31-24)39-3/h4-17H,18-20H2,1-3H3. The summed E-state index contributed by atoms with van der Waals surface area (Å²) in [5, 5.41) is 0.665. The first-order chi connectivity index (χ1) is 19.3.